The van der Waals surface area contributed by atoms with Gasteiger partial charge in [0.05, 0.1) is 29.2 Å². The van der Waals surface area contributed by atoms with Gasteiger partial charge in [-0.05, 0) is 42.3 Å². The van der Waals surface area contributed by atoms with Crippen LogP contribution in [0.3, 0.4) is 0 Å². The van der Waals surface area contributed by atoms with E-state index in [2.05, 4.69) is 10.3 Å². The van der Waals surface area contributed by atoms with Gasteiger partial charge in [0, 0.05) is 5.56 Å². The SMILES string of the molecule is CC(C)(O)[C@H](S[C@@H]1O[C@H](CO)[C@H](O)[C@H](n2cc(-c3ccc4ccccc4c3)nn2)[C@H]1O)c1ccccc1C(F)(F)F. The maximum absolute atomic E-state index is 13.9. The molecule has 1 saturated heterocycles. The predicted octanol–water partition coefficient (Wildman–Crippen LogP) is 4.34. The van der Waals surface area contributed by atoms with Crippen LogP contribution in [-0.4, -0.2) is 71.4 Å². The van der Waals surface area contributed by atoms with Crippen molar-refractivity contribution in [3.05, 3.63) is 84.1 Å². The molecule has 0 bridgehead atoms. The number of benzene rings is 3. The number of thioether (sulfide) groups is 1. The molecule has 0 spiro atoms. The standard InChI is InChI=1S/C29H30F3N3O5S/c1-28(2,39)26(19-9-5-6-10-20(19)29(30,31)32)41-27-25(38)23(24(37)22(15-36)40-27)35-14-21(33-34-35)18-12-11-16-7-3-4-8-17(16)13-18/h3-14,22-27,36-39H,15H2,1-2H3/t22-,23+,24+,25-,26-,27+/m1/s1. The monoisotopic (exact) mass is 589 g/mol. The van der Waals surface area contributed by atoms with Crippen LogP contribution in [0.4, 0.5) is 13.2 Å². The van der Waals surface area contributed by atoms with Gasteiger partial charge in [-0.25, -0.2) is 4.68 Å². The van der Waals surface area contributed by atoms with Crippen molar-refractivity contribution in [3.63, 3.8) is 0 Å². The topological polar surface area (TPSA) is 121 Å². The fraction of sp³-hybridized carbons (Fsp3) is 0.379. The molecular weight excluding hydrogens is 559 g/mol. The van der Waals surface area contributed by atoms with Gasteiger partial charge in [0.15, 0.2) is 0 Å². The first-order valence-corrected chi connectivity index (χ1v) is 13.9. The average Bonchev–Trinajstić information content (AvgIpc) is 3.41. The fourth-order valence-corrected chi connectivity index (χ4v) is 6.62. The molecule has 0 amide bonds. The number of ether oxygens (including phenoxy) is 1. The van der Waals surface area contributed by atoms with Crippen molar-refractivity contribution in [2.45, 2.75) is 60.7 Å². The van der Waals surface area contributed by atoms with E-state index in [1.165, 1.54) is 36.7 Å². The van der Waals surface area contributed by atoms with Crippen LogP contribution in [0, 0.1) is 0 Å². The predicted molar refractivity (Wildman–Crippen MR) is 148 cm³/mol. The lowest BCUT2D eigenvalue weighted by Crippen LogP contribution is -2.55. The van der Waals surface area contributed by atoms with Crippen LogP contribution in [-0.2, 0) is 10.9 Å². The zero-order valence-electron chi connectivity index (χ0n) is 22.2. The van der Waals surface area contributed by atoms with Crippen LogP contribution >= 0.6 is 11.8 Å². The number of fused-ring (bicyclic) bond motifs is 1. The number of hydrogen-bond donors (Lipinski definition) is 4. The van der Waals surface area contributed by atoms with Crippen molar-refractivity contribution in [1.82, 2.24) is 15.0 Å². The normalized spacial score (nSPS) is 24.5. The fourth-order valence-electron chi connectivity index (χ4n) is 5.13. The van der Waals surface area contributed by atoms with E-state index in [4.69, 9.17) is 4.74 Å². The highest BCUT2D eigenvalue weighted by atomic mass is 32.2. The molecule has 41 heavy (non-hydrogen) atoms. The maximum Gasteiger partial charge on any atom is 0.416 e. The van der Waals surface area contributed by atoms with Crippen LogP contribution < -0.4 is 0 Å². The molecule has 1 aromatic heterocycles. The average molecular weight is 590 g/mol. The van der Waals surface area contributed by atoms with Crippen molar-refractivity contribution in [2.24, 2.45) is 0 Å². The number of nitrogens with zero attached hydrogens (tertiary/aromatic N) is 3. The van der Waals surface area contributed by atoms with Crippen LogP contribution in [0.2, 0.25) is 0 Å². The molecule has 3 aromatic carbocycles. The smallest absolute Gasteiger partial charge is 0.394 e. The first-order valence-electron chi connectivity index (χ1n) is 13.0. The lowest BCUT2D eigenvalue weighted by molar-refractivity contribution is -0.179. The number of halogens is 3. The van der Waals surface area contributed by atoms with Gasteiger partial charge >= 0.3 is 6.18 Å². The van der Waals surface area contributed by atoms with E-state index in [-0.39, 0.29) is 5.56 Å². The Kier molecular flexibility index (Phi) is 8.16. The number of rotatable bonds is 7. The zero-order valence-corrected chi connectivity index (χ0v) is 23.0. The van der Waals surface area contributed by atoms with E-state index in [0.717, 1.165) is 34.2 Å². The molecule has 1 aliphatic rings. The van der Waals surface area contributed by atoms with Gasteiger partial charge in [0.25, 0.3) is 0 Å². The summed E-state index contributed by atoms with van der Waals surface area (Å²) < 4.78 is 48.7. The summed E-state index contributed by atoms with van der Waals surface area (Å²) in [5.41, 5.74) is -2.80. The van der Waals surface area contributed by atoms with E-state index in [1.807, 2.05) is 42.5 Å². The third-order valence-corrected chi connectivity index (χ3v) is 8.93. The zero-order chi connectivity index (χ0) is 29.5. The Bertz CT molecular complexity index is 1510. The van der Waals surface area contributed by atoms with Gasteiger partial charge in [-0.1, -0.05) is 59.8 Å². The minimum Gasteiger partial charge on any atom is -0.394 e. The molecule has 0 radical (unpaired) electrons. The molecule has 4 aromatic rings. The van der Waals surface area contributed by atoms with E-state index < -0.39 is 59.0 Å². The minimum absolute atomic E-state index is 0.184. The van der Waals surface area contributed by atoms with Gasteiger partial charge in [0.1, 0.15) is 35.5 Å². The Balaban J connectivity index is 1.47. The van der Waals surface area contributed by atoms with Gasteiger partial charge in [-0.15, -0.1) is 16.9 Å². The third kappa shape index (κ3) is 5.99. The summed E-state index contributed by atoms with van der Waals surface area (Å²) in [6.07, 6.45) is -7.23. The molecule has 6 atom stereocenters. The third-order valence-electron chi connectivity index (χ3n) is 7.17. The molecule has 0 unspecified atom stereocenters. The molecule has 4 N–H and O–H groups in total. The highest BCUT2D eigenvalue weighted by molar-refractivity contribution is 8.00. The van der Waals surface area contributed by atoms with Crippen molar-refractivity contribution >= 4 is 22.5 Å². The van der Waals surface area contributed by atoms with E-state index >= 15 is 0 Å². The van der Waals surface area contributed by atoms with Crippen LogP contribution in [0.25, 0.3) is 22.0 Å². The highest BCUT2D eigenvalue weighted by Gasteiger charge is 2.49. The Morgan fingerprint density at radius 1 is 0.976 bits per heavy atom. The van der Waals surface area contributed by atoms with E-state index in [9.17, 15) is 33.6 Å². The number of aromatic nitrogens is 3. The van der Waals surface area contributed by atoms with Crippen molar-refractivity contribution in [1.29, 1.82) is 0 Å². The summed E-state index contributed by atoms with van der Waals surface area (Å²) in [6.45, 7) is 2.12. The van der Waals surface area contributed by atoms with Crippen molar-refractivity contribution < 1.29 is 38.3 Å². The highest BCUT2D eigenvalue weighted by Crippen LogP contribution is 2.49. The largest absolute Gasteiger partial charge is 0.416 e. The summed E-state index contributed by atoms with van der Waals surface area (Å²) in [5.74, 6) is 0. The first-order chi connectivity index (χ1) is 19.4. The second-order valence-electron chi connectivity index (χ2n) is 10.6. The summed E-state index contributed by atoms with van der Waals surface area (Å²) in [5, 5.41) is 52.5. The van der Waals surface area contributed by atoms with Crippen LogP contribution in [0.1, 0.15) is 36.3 Å². The number of aliphatic hydroxyl groups is 4. The molecule has 12 heteroatoms. The van der Waals surface area contributed by atoms with Crippen LogP contribution in [0.5, 0.6) is 0 Å². The lowest BCUT2D eigenvalue weighted by Gasteiger charge is -2.44. The number of aliphatic hydroxyl groups excluding tert-OH is 3. The summed E-state index contributed by atoms with van der Waals surface area (Å²) >= 11 is 0.782. The molecule has 1 aliphatic heterocycles. The molecule has 8 nitrogen and oxygen atoms in total. The van der Waals surface area contributed by atoms with Gasteiger partial charge in [0.2, 0.25) is 0 Å². The van der Waals surface area contributed by atoms with E-state index in [0.29, 0.717) is 5.69 Å². The number of hydrogen-bond acceptors (Lipinski definition) is 8. The maximum atomic E-state index is 13.9. The Hall–Kier alpha value is -3.00. The molecule has 5 rings (SSSR count). The van der Waals surface area contributed by atoms with Gasteiger partial charge in [-0.3, -0.25) is 0 Å². The minimum atomic E-state index is -4.68. The first kappa shape index (κ1) is 29.5. The molecule has 1 fully saturated rings. The molecule has 0 aliphatic carbocycles. The summed E-state index contributed by atoms with van der Waals surface area (Å²) in [4.78, 5) is 0. The molecule has 2 heterocycles. The lowest BCUT2D eigenvalue weighted by atomic mass is 9.94. The van der Waals surface area contributed by atoms with Gasteiger partial charge in [-0.2, -0.15) is 13.2 Å². The van der Waals surface area contributed by atoms with E-state index in [1.54, 1.807) is 6.20 Å². The molecule has 0 saturated carbocycles. The van der Waals surface area contributed by atoms with Crippen LogP contribution in [0.15, 0.2) is 72.9 Å². The Labute approximate surface area is 238 Å². The quantitative estimate of drug-likeness (QED) is 0.251. The van der Waals surface area contributed by atoms with Crippen molar-refractivity contribution in [3.8, 4) is 11.3 Å². The summed E-state index contributed by atoms with van der Waals surface area (Å²) in [7, 11) is 0. The molecule has 218 valence electrons. The van der Waals surface area contributed by atoms with Crippen molar-refractivity contribution in [2.75, 3.05) is 6.61 Å². The second kappa shape index (κ2) is 11.3. The Morgan fingerprint density at radius 2 is 1.66 bits per heavy atom. The number of alkyl halides is 3. The summed E-state index contributed by atoms with van der Waals surface area (Å²) in [6, 6.07) is 17.3. The Morgan fingerprint density at radius 3 is 2.34 bits per heavy atom. The second-order valence-corrected chi connectivity index (χ2v) is 11.8. The molecular formula is C29H30F3N3O5S. The van der Waals surface area contributed by atoms with Gasteiger partial charge < -0.3 is 25.2 Å².